The van der Waals surface area contributed by atoms with Gasteiger partial charge in [-0.15, -0.1) is 0 Å². The van der Waals surface area contributed by atoms with Crippen LogP contribution in [0.1, 0.15) is 44.9 Å². The van der Waals surface area contributed by atoms with E-state index in [1.807, 2.05) is 17.1 Å². The van der Waals surface area contributed by atoms with Crippen molar-refractivity contribution in [3.8, 4) is 5.88 Å². The van der Waals surface area contributed by atoms with Gasteiger partial charge in [0.1, 0.15) is 12.4 Å². The van der Waals surface area contributed by atoms with Crippen LogP contribution >= 0.6 is 0 Å². The van der Waals surface area contributed by atoms with Gasteiger partial charge in [0, 0.05) is 30.9 Å². The number of ether oxygens (including phenoxy) is 1. The zero-order valence-corrected chi connectivity index (χ0v) is 18.5. The number of hydrogen-bond donors (Lipinski definition) is 3. The lowest BCUT2D eigenvalue weighted by molar-refractivity contribution is 0.123. The first-order chi connectivity index (χ1) is 15.7. The van der Waals surface area contributed by atoms with Gasteiger partial charge >= 0.3 is 0 Å². The second kappa shape index (κ2) is 9.87. The Morgan fingerprint density at radius 3 is 2.91 bits per heavy atom. The molecule has 172 valence electrons. The number of aliphatic hydroxyl groups is 1. The quantitative estimate of drug-likeness (QED) is 0.584. The molecule has 0 radical (unpaired) electrons. The SMILES string of the molecule is OC1CCC(N=C2CC=CC3N=C(Nc4ccnc(OCCN5CCCC5)c4)NN23)CC1. The van der Waals surface area contributed by atoms with Crippen molar-refractivity contribution in [1.29, 1.82) is 0 Å². The highest BCUT2D eigenvalue weighted by Gasteiger charge is 2.30. The van der Waals surface area contributed by atoms with E-state index in [1.165, 1.54) is 25.9 Å². The number of aliphatic imine (C=N–C) groups is 2. The molecule has 1 aromatic heterocycles. The van der Waals surface area contributed by atoms with Gasteiger partial charge in [-0.05, 0) is 63.8 Å². The van der Waals surface area contributed by atoms with Crippen molar-refractivity contribution in [2.24, 2.45) is 9.98 Å². The first-order valence-electron chi connectivity index (χ1n) is 11.9. The Morgan fingerprint density at radius 2 is 2.06 bits per heavy atom. The van der Waals surface area contributed by atoms with Gasteiger partial charge in [0.25, 0.3) is 0 Å². The molecule has 9 heteroatoms. The predicted molar refractivity (Wildman–Crippen MR) is 125 cm³/mol. The Kier molecular flexibility index (Phi) is 6.54. The smallest absolute Gasteiger partial charge is 0.217 e. The number of aromatic nitrogens is 1. The van der Waals surface area contributed by atoms with Crippen molar-refractivity contribution in [2.75, 3.05) is 31.6 Å². The van der Waals surface area contributed by atoms with E-state index >= 15 is 0 Å². The molecule has 0 amide bonds. The third-order valence-electron chi connectivity index (χ3n) is 6.49. The summed E-state index contributed by atoms with van der Waals surface area (Å²) in [5, 5.41) is 15.1. The second-order valence-electron chi connectivity index (χ2n) is 8.92. The van der Waals surface area contributed by atoms with Gasteiger partial charge in [-0.2, -0.15) is 0 Å². The van der Waals surface area contributed by atoms with Gasteiger partial charge in [-0.3, -0.25) is 15.3 Å². The highest BCUT2D eigenvalue weighted by molar-refractivity contribution is 5.98. The molecule has 1 saturated heterocycles. The Balaban J connectivity index is 1.16. The molecule has 3 N–H and O–H groups in total. The number of fused-ring (bicyclic) bond motifs is 1. The molecule has 1 saturated carbocycles. The Labute approximate surface area is 189 Å². The normalized spacial score (nSPS) is 29.0. The summed E-state index contributed by atoms with van der Waals surface area (Å²) in [5.41, 5.74) is 4.24. The lowest BCUT2D eigenvalue weighted by Gasteiger charge is -2.30. The number of hydrazine groups is 1. The first kappa shape index (κ1) is 21.2. The first-order valence-corrected chi connectivity index (χ1v) is 11.9. The van der Waals surface area contributed by atoms with Crippen LogP contribution in [-0.4, -0.2) is 76.3 Å². The topological polar surface area (TPSA) is 97.6 Å². The number of hydrogen-bond acceptors (Lipinski definition) is 8. The van der Waals surface area contributed by atoms with Gasteiger partial charge in [-0.1, -0.05) is 6.08 Å². The molecule has 9 nitrogen and oxygen atoms in total. The molecule has 32 heavy (non-hydrogen) atoms. The third kappa shape index (κ3) is 5.21. The van der Waals surface area contributed by atoms with E-state index in [4.69, 9.17) is 14.7 Å². The molecule has 4 aliphatic rings. The van der Waals surface area contributed by atoms with Crippen molar-refractivity contribution in [3.05, 3.63) is 30.5 Å². The van der Waals surface area contributed by atoms with E-state index in [-0.39, 0.29) is 18.3 Å². The summed E-state index contributed by atoms with van der Waals surface area (Å²) in [6, 6.07) is 4.09. The van der Waals surface area contributed by atoms with E-state index in [2.05, 4.69) is 32.8 Å². The van der Waals surface area contributed by atoms with Crippen molar-refractivity contribution in [1.82, 2.24) is 20.3 Å². The summed E-state index contributed by atoms with van der Waals surface area (Å²) in [6.07, 6.45) is 12.6. The zero-order chi connectivity index (χ0) is 21.8. The minimum Gasteiger partial charge on any atom is -0.476 e. The van der Waals surface area contributed by atoms with Crippen LogP contribution in [0.25, 0.3) is 0 Å². The van der Waals surface area contributed by atoms with Crippen LogP contribution in [0.3, 0.4) is 0 Å². The average molecular weight is 440 g/mol. The summed E-state index contributed by atoms with van der Waals surface area (Å²) >= 11 is 0. The summed E-state index contributed by atoms with van der Waals surface area (Å²) in [5.74, 6) is 2.30. The number of likely N-dealkylation sites (tertiary alicyclic amines) is 1. The van der Waals surface area contributed by atoms with E-state index < -0.39 is 0 Å². The van der Waals surface area contributed by atoms with Crippen LogP contribution in [0.2, 0.25) is 0 Å². The monoisotopic (exact) mass is 439 g/mol. The number of amidine groups is 1. The van der Waals surface area contributed by atoms with Gasteiger partial charge in [0.2, 0.25) is 11.8 Å². The van der Waals surface area contributed by atoms with E-state index in [1.54, 1.807) is 6.20 Å². The van der Waals surface area contributed by atoms with E-state index in [9.17, 15) is 5.11 Å². The maximum absolute atomic E-state index is 9.75. The zero-order valence-electron chi connectivity index (χ0n) is 18.5. The summed E-state index contributed by atoms with van der Waals surface area (Å²) in [4.78, 5) is 16.5. The minimum absolute atomic E-state index is 0.0998. The molecule has 2 fully saturated rings. The number of nitrogens with zero attached hydrogens (tertiary/aromatic N) is 5. The van der Waals surface area contributed by atoms with Crippen LogP contribution < -0.4 is 15.5 Å². The largest absolute Gasteiger partial charge is 0.476 e. The average Bonchev–Trinajstić information content (AvgIpc) is 3.46. The van der Waals surface area contributed by atoms with Gasteiger partial charge in [-0.25, -0.2) is 15.0 Å². The van der Waals surface area contributed by atoms with Crippen LogP contribution in [0, 0.1) is 0 Å². The third-order valence-corrected chi connectivity index (χ3v) is 6.49. The van der Waals surface area contributed by atoms with Crippen LogP contribution in [0.15, 0.2) is 40.5 Å². The summed E-state index contributed by atoms with van der Waals surface area (Å²) in [6.45, 7) is 3.93. The molecule has 4 heterocycles. The fraction of sp³-hybridized carbons (Fsp3) is 0.609. The lowest BCUT2D eigenvalue weighted by Crippen LogP contribution is -2.48. The second-order valence-corrected chi connectivity index (χ2v) is 8.92. The molecule has 0 spiro atoms. The highest BCUT2D eigenvalue weighted by atomic mass is 16.5. The maximum atomic E-state index is 9.75. The fourth-order valence-corrected chi connectivity index (χ4v) is 4.70. The van der Waals surface area contributed by atoms with E-state index in [0.29, 0.717) is 18.4 Å². The number of nitrogens with one attached hydrogen (secondary N) is 2. The molecular weight excluding hydrogens is 406 g/mol. The molecular formula is C23H33N7O2. The Bertz CT molecular complexity index is 873. The molecule has 0 bridgehead atoms. The molecule has 3 aliphatic heterocycles. The lowest BCUT2D eigenvalue weighted by atomic mass is 9.93. The minimum atomic E-state index is -0.163. The summed E-state index contributed by atoms with van der Waals surface area (Å²) in [7, 11) is 0. The van der Waals surface area contributed by atoms with Crippen molar-refractivity contribution < 1.29 is 9.84 Å². The van der Waals surface area contributed by atoms with Crippen molar-refractivity contribution in [3.63, 3.8) is 0 Å². The molecule has 1 unspecified atom stereocenters. The Morgan fingerprint density at radius 1 is 1.22 bits per heavy atom. The number of anilines is 1. The predicted octanol–water partition coefficient (Wildman–Crippen LogP) is 2.13. The van der Waals surface area contributed by atoms with Crippen LogP contribution in [0.5, 0.6) is 5.88 Å². The number of pyridine rings is 1. The molecule has 1 aliphatic carbocycles. The van der Waals surface area contributed by atoms with Crippen LogP contribution in [-0.2, 0) is 0 Å². The van der Waals surface area contributed by atoms with Crippen molar-refractivity contribution >= 4 is 17.5 Å². The number of rotatable bonds is 6. The molecule has 1 atom stereocenters. The summed E-state index contributed by atoms with van der Waals surface area (Å²) < 4.78 is 5.87. The van der Waals surface area contributed by atoms with Gasteiger partial charge in [0.15, 0.2) is 6.17 Å². The van der Waals surface area contributed by atoms with E-state index in [0.717, 1.165) is 50.2 Å². The molecule has 1 aromatic rings. The Hall–Kier alpha value is -2.65. The number of aliphatic hydroxyl groups excluding tert-OH is 1. The van der Waals surface area contributed by atoms with Crippen molar-refractivity contribution in [2.45, 2.75) is 63.3 Å². The highest BCUT2D eigenvalue weighted by Crippen LogP contribution is 2.24. The van der Waals surface area contributed by atoms with Crippen LogP contribution in [0.4, 0.5) is 5.69 Å². The maximum Gasteiger partial charge on any atom is 0.217 e. The van der Waals surface area contributed by atoms with Gasteiger partial charge in [0.05, 0.1) is 12.1 Å². The number of guanidine groups is 1. The standard InChI is InChI=1S/C23H33N7O2/c31-19-8-6-17(7-9-19)25-20-4-3-5-21-27-23(28-30(20)21)26-18-10-11-24-22(16-18)32-15-14-29-12-1-2-13-29/h3,5,10-11,16-17,19,21,31H,1-2,4,6-9,12-15H2,(H2,24,26,27,28). The van der Waals surface area contributed by atoms with Gasteiger partial charge < -0.3 is 15.2 Å². The molecule has 0 aromatic carbocycles. The fourth-order valence-electron chi connectivity index (χ4n) is 4.70. The molecule has 5 rings (SSSR count).